The predicted molar refractivity (Wildman–Crippen MR) is 53.6 cm³/mol. The molecule has 1 aromatic carbocycles. The van der Waals surface area contributed by atoms with Gasteiger partial charge in [0, 0.05) is 18.8 Å². The molecule has 1 amide bonds. The van der Waals surface area contributed by atoms with Gasteiger partial charge in [0.05, 0.1) is 0 Å². The van der Waals surface area contributed by atoms with E-state index in [1.54, 1.807) is 12.1 Å². The molecular formula is C10H11ClFNO. The highest BCUT2D eigenvalue weighted by Crippen LogP contribution is 2.02. The Labute approximate surface area is 87.1 Å². The van der Waals surface area contributed by atoms with Gasteiger partial charge in [-0.1, -0.05) is 12.1 Å². The van der Waals surface area contributed by atoms with Gasteiger partial charge < -0.3 is 5.32 Å². The van der Waals surface area contributed by atoms with Crippen LogP contribution in [0.25, 0.3) is 0 Å². The largest absolute Gasteiger partial charge is 0.352 e. The molecule has 0 unspecified atom stereocenters. The molecule has 0 saturated heterocycles. The van der Waals surface area contributed by atoms with E-state index < -0.39 is 0 Å². The molecule has 1 N–H and O–H groups in total. The molecule has 0 fully saturated rings. The number of hydrogen-bond acceptors (Lipinski definition) is 1. The lowest BCUT2D eigenvalue weighted by Gasteiger charge is -2.03. The average molecular weight is 216 g/mol. The summed E-state index contributed by atoms with van der Waals surface area (Å²) in [6.45, 7) is 0.341. The first-order valence-electron chi connectivity index (χ1n) is 4.29. The Morgan fingerprint density at radius 3 is 2.93 bits per heavy atom. The molecule has 0 aromatic heterocycles. The summed E-state index contributed by atoms with van der Waals surface area (Å²) < 4.78 is 12.7. The van der Waals surface area contributed by atoms with Gasteiger partial charge in [-0.25, -0.2) is 4.39 Å². The second kappa shape index (κ2) is 5.60. The summed E-state index contributed by atoms with van der Waals surface area (Å²) in [7, 11) is 0. The van der Waals surface area contributed by atoms with Crippen LogP contribution in [0.3, 0.4) is 0 Å². The third-order valence-electron chi connectivity index (χ3n) is 1.70. The molecule has 0 aliphatic carbocycles. The minimum atomic E-state index is -0.297. The summed E-state index contributed by atoms with van der Waals surface area (Å²) in [4.78, 5) is 11.0. The maximum absolute atomic E-state index is 12.7. The summed E-state index contributed by atoms with van der Waals surface area (Å²) in [5, 5.41) is 2.64. The molecule has 1 aromatic rings. The van der Waals surface area contributed by atoms with Crippen LogP contribution < -0.4 is 5.32 Å². The third-order valence-corrected chi connectivity index (χ3v) is 1.89. The SMILES string of the molecule is O=C(CCCl)NCc1cccc(F)c1. The summed E-state index contributed by atoms with van der Waals surface area (Å²) >= 11 is 5.38. The van der Waals surface area contributed by atoms with Gasteiger partial charge in [0.2, 0.25) is 5.91 Å². The lowest BCUT2D eigenvalue weighted by molar-refractivity contribution is -0.120. The van der Waals surface area contributed by atoms with Gasteiger partial charge in [-0.15, -0.1) is 11.6 Å². The Hall–Kier alpha value is -1.09. The van der Waals surface area contributed by atoms with Crippen molar-refractivity contribution in [2.45, 2.75) is 13.0 Å². The summed E-state index contributed by atoms with van der Waals surface area (Å²) in [6, 6.07) is 6.12. The zero-order valence-corrected chi connectivity index (χ0v) is 8.35. The van der Waals surface area contributed by atoms with Crippen LogP contribution in [0.15, 0.2) is 24.3 Å². The van der Waals surface area contributed by atoms with Crippen LogP contribution in [0.5, 0.6) is 0 Å². The Kier molecular flexibility index (Phi) is 4.40. The van der Waals surface area contributed by atoms with E-state index in [-0.39, 0.29) is 18.1 Å². The number of hydrogen-bond donors (Lipinski definition) is 1. The minimum absolute atomic E-state index is 0.121. The molecule has 0 saturated carbocycles. The van der Waals surface area contributed by atoms with E-state index in [1.165, 1.54) is 12.1 Å². The molecule has 0 bridgehead atoms. The normalized spacial score (nSPS) is 9.86. The zero-order chi connectivity index (χ0) is 10.4. The summed E-state index contributed by atoms with van der Waals surface area (Å²) in [5.41, 5.74) is 0.743. The highest BCUT2D eigenvalue weighted by atomic mass is 35.5. The lowest BCUT2D eigenvalue weighted by atomic mass is 10.2. The first-order valence-corrected chi connectivity index (χ1v) is 4.83. The molecule has 4 heteroatoms. The highest BCUT2D eigenvalue weighted by Gasteiger charge is 2.00. The van der Waals surface area contributed by atoms with Crippen LogP contribution in [-0.4, -0.2) is 11.8 Å². The third kappa shape index (κ3) is 3.75. The molecule has 0 atom stereocenters. The van der Waals surface area contributed by atoms with E-state index >= 15 is 0 Å². The van der Waals surface area contributed by atoms with Gasteiger partial charge >= 0.3 is 0 Å². The number of alkyl halides is 1. The van der Waals surface area contributed by atoms with Crippen molar-refractivity contribution in [2.75, 3.05) is 5.88 Å². The Bertz CT molecular complexity index is 317. The minimum Gasteiger partial charge on any atom is -0.352 e. The van der Waals surface area contributed by atoms with E-state index in [4.69, 9.17) is 11.6 Å². The van der Waals surface area contributed by atoms with Gasteiger partial charge in [0.25, 0.3) is 0 Å². The topological polar surface area (TPSA) is 29.1 Å². The second-order valence-corrected chi connectivity index (χ2v) is 3.22. The number of rotatable bonds is 4. The quantitative estimate of drug-likeness (QED) is 0.766. The average Bonchev–Trinajstić information content (AvgIpc) is 2.15. The molecule has 0 aliphatic heterocycles. The van der Waals surface area contributed by atoms with E-state index in [1.807, 2.05) is 0 Å². The number of nitrogens with one attached hydrogen (secondary N) is 1. The van der Waals surface area contributed by atoms with Gasteiger partial charge in [-0.2, -0.15) is 0 Å². The summed E-state index contributed by atoms with van der Waals surface area (Å²) in [6.07, 6.45) is 0.289. The fraction of sp³-hybridized carbons (Fsp3) is 0.300. The van der Waals surface area contributed by atoms with Crippen molar-refractivity contribution in [3.05, 3.63) is 35.6 Å². The number of carbonyl (C=O) groups excluding carboxylic acids is 1. The Balaban J connectivity index is 2.41. The molecule has 2 nitrogen and oxygen atoms in total. The Morgan fingerprint density at radius 1 is 1.50 bits per heavy atom. The van der Waals surface area contributed by atoms with Crippen LogP contribution in [0.2, 0.25) is 0 Å². The van der Waals surface area contributed by atoms with E-state index in [0.717, 1.165) is 5.56 Å². The van der Waals surface area contributed by atoms with Gasteiger partial charge in [-0.3, -0.25) is 4.79 Å². The number of amides is 1. The van der Waals surface area contributed by atoms with Crippen molar-refractivity contribution in [3.63, 3.8) is 0 Å². The Morgan fingerprint density at radius 2 is 2.29 bits per heavy atom. The van der Waals surface area contributed by atoms with Crippen molar-refractivity contribution in [2.24, 2.45) is 0 Å². The lowest BCUT2D eigenvalue weighted by Crippen LogP contribution is -2.22. The molecule has 0 radical (unpaired) electrons. The van der Waals surface area contributed by atoms with Gasteiger partial charge in [0.15, 0.2) is 0 Å². The number of carbonyl (C=O) groups is 1. The molecule has 14 heavy (non-hydrogen) atoms. The van der Waals surface area contributed by atoms with Crippen molar-refractivity contribution < 1.29 is 9.18 Å². The first kappa shape index (κ1) is 11.0. The zero-order valence-electron chi connectivity index (χ0n) is 7.59. The fourth-order valence-corrected chi connectivity index (χ4v) is 1.19. The molecule has 76 valence electrons. The number of halogens is 2. The van der Waals surface area contributed by atoms with E-state index in [9.17, 15) is 9.18 Å². The van der Waals surface area contributed by atoms with Crippen molar-refractivity contribution >= 4 is 17.5 Å². The maximum Gasteiger partial charge on any atom is 0.221 e. The van der Waals surface area contributed by atoms with Gasteiger partial charge in [0.1, 0.15) is 5.82 Å². The van der Waals surface area contributed by atoms with Crippen molar-refractivity contribution in [1.82, 2.24) is 5.32 Å². The van der Waals surface area contributed by atoms with Crippen LogP contribution in [0, 0.1) is 5.82 Å². The number of benzene rings is 1. The predicted octanol–water partition coefficient (Wildman–Crippen LogP) is 2.07. The van der Waals surface area contributed by atoms with E-state index in [2.05, 4.69) is 5.32 Å². The molecule has 0 aliphatic rings. The van der Waals surface area contributed by atoms with Crippen LogP contribution in [-0.2, 0) is 11.3 Å². The summed E-state index contributed by atoms with van der Waals surface area (Å²) in [5.74, 6) is -0.118. The highest BCUT2D eigenvalue weighted by molar-refractivity contribution is 6.18. The first-order chi connectivity index (χ1) is 6.72. The van der Waals surface area contributed by atoms with Crippen molar-refractivity contribution in [3.8, 4) is 0 Å². The smallest absolute Gasteiger partial charge is 0.221 e. The van der Waals surface area contributed by atoms with Crippen LogP contribution in [0.1, 0.15) is 12.0 Å². The molecular weight excluding hydrogens is 205 g/mol. The second-order valence-electron chi connectivity index (χ2n) is 2.85. The maximum atomic E-state index is 12.7. The van der Waals surface area contributed by atoms with Crippen molar-refractivity contribution in [1.29, 1.82) is 0 Å². The molecule has 1 rings (SSSR count). The van der Waals surface area contributed by atoms with E-state index in [0.29, 0.717) is 12.4 Å². The standard InChI is InChI=1S/C10H11ClFNO/c11-5-4-10(14)13-7-8-2-1-3-9(12)6-8/h1-3,6H,4-5,7H2,(H,13,14). The van der Waals surface area contributed by atoms with Gasteiger partial charge in [-0.05, 0) is 17.7 Å². The monoisotopic (exact) mass is 215 g/mol. The molecule has 0 spiro atoms. The molecule has 0 heterocycles. The fourth-order valence-electron chi connectivity index (χ4n) is 1.02. The van der Waals surface area contributed by atoms with Crippen LogP contribution >= 0.6 is 11.6 Å². The van der Waals surface area contributed by atoms with Crippen LogP contribution in [0.4, 0.5) is 4.39 Å².